The number of benzene rings is 6. The number of nitrogens with two attached hydrogens (primary N) is 2. The smallest absolute Gasteiger partial charge is 0.257 e. The number of nitrogen functional groups attached to an aromatic ring is 2. The van der Waals surface area contributed by atoms with Crippen LogP contribution in [-0.2, 0) is 5.41 Å². The molecule has 6 aromatic rings. The summed E-state index contributed by atoms with van der Waals surface area (Å²) in [5.74, 6) is -1.17. The summed E-state index contributed by atoms with van der Waals surface area (Å²) in [6.45, 7) is 0. The van der Waals surface area contributed by atoms with Crippen LogP contribution in [-0.4, -0.2) is 22.0 Å². The molecule has 7 rings (SSSR count). The van der Waals surface area contributed by atoms with Crippen LogP contribution in [0.1, 0.15) is 43.0 Å². The topological polar surface area (TPSA) is 151 Å². The fourth-order valence-electron chi connectivity index (χ4n) is 6.55. The highest BCUT2D eigenvalue weighted by atomic mass is 16.3. The fraction of sp³-hybridized carbons (Fsp3) is 0.0256. The number of aromatic hydroxyl groups is 2. The minimum atomic E-state index is -0.981. The second-order valence-electron chi connectivity index (χ2n) is 11.4. The zero-order valence-electron chi connectivity index (χ0n) is 25.1. The highest BCUT2D eigenvalue weighted by Crippen LogP contribution is 2.57. The first kappa shape index (κ1) is 29.2. The summed E-state index contributed by atoms with van der Waals surface area (Å²) in [6, 6.07) is 39.7. The highest BCUT2D eigenvalue weighted by Gasteiger charge is 2.46. The van der Waals surface area contributed by atoms with Gasteiger partial charge in [-0.3, -0.25) is 9.59 Å². The Labute approximate surface area is 270 Å². The maximum atomic E-state index is 13.3. The lowest BCUT2D eigenvalue weighted by atomic mass is 9.67. The number of hydrogen-bond donors (Lipinski definition) is 6. The van der Waals surface area contributed by atoms with Gasteiger partial charge in [-0.2, -0.15) is 0 Å². The van der Waals surface area contributed by atoms with E-state index in [1.54, 1.807) is 72.8 Å². The van der Waals surface area contributed by atoms with Crippen LogP contribution in [0.3, 0.4) is 0 Å². The van der Waals surface area contributed by atoms with E-state index in [4.69, 9.17) is 11.5 Å². The van der Waals surface area contributed by atoms with Gasteiger partial charge in [-0.15, -0.1) is 0 Å². The number of rotatable bonds is 6. The van der Waals surface area contributed by atoms with Gasteiger partial charge in [0.25, 0.3) is 11.8 Å². The third-order valence-corrected chi connectivity index (χ3v) is 8.72. The number of phenolic OH excluding ortho intramolecular Hbond substituents is 2. The quantitative estimate of drug-likeness (QED) is 0.0862. The van der Waals surface area contributed by atoms with E-state index in [1.807, 2.05) is 48.5 Å². The minimum Gasteiger partial charge on any atom is -0.506 e. The van der Waals surface area contributed by atoms with Crippen molar-refractivity contribution in [1.82, 2.24) is 0 Å². The average Bonchev–Trinajstić information content (AvgIpc) is 3.38. The molecule has 0 bridgehead atoms. The SMILES string of the molecule is Nc1ccccc1C(=O)Nc1cc(C2(c3ccc(O)c(NC(=O)c4ccccc4N)c3)c3ccccc3-c3ccccc32)ccc1O. The van der Waals surface area contributed by atoms with Crippen molar-refractivity contribution in [2.75, 3.05) is 22.1 Å². The van der Waals surface area contributed by atoms with Crippen LogP contribution in [0.25, 0.3) is 11.1 Å². The number of fused-ring (bicyclic) bond motifs is 3. The van der Waals surface area contributed by atoms with Gasteiger partial charge < -0.3 is 32.3 Å². The standard InChI is InChI=1S/C39H30N4O4/c40-31-15-7-3-11-27(31)37(46)42-33-21-23(17-19-35(33)44)39(29-13-5-1-9-25(29)26-10-2-6-14-30(26)39)24-18-20-36(45)34(22-24)43-38(47)28-12-4-8-16-32(28)41/h1-22,44-45H,40-41H2,(H,42,46)(H,43,47). The summed E-state index contributed by atoms with van der Waals surface area (Å²) in [5, 5.41) is 27.6. The molecule has 8 N–H and O–H groups in total. The summed E-state index contributed by atoms with van der Waals surface area (Å²) < 4.78 is 0. The summed E-state index contributed by atoms with van der Waals surface area (Å²) in [4.78, 5) is 26.6. The van der Waals surface area contributed by atoms with Crippen LogP contribution in [0.5, 0.6) is 11.5 Å². The molecule has 0 atom stereocenters. The zero-order chi connectivity index (χ0) is 32.7. The minimum absolute atomic E-state index is 0.120. The van der Waals surface area contributed by atoms with Crippen LogP contribution in [0.2, 0.25) is 0 Å². The van der Waals surface area contributed by atoms with Crippen LogP contribution in [0.15, 0.2) is 133 Å². The highest BCUT2D eigenvalue weighted by molar-refractivity contribution is 6.09. The molecule has 0 heterocycles. The maximum Gasteiger partial charge on any atom is 0.257 e. The number of amides is 2. The summed E-state index contributed by atoms with van der Waals surface area (Å²) in [7, 11) is 0. The number of phenols is 2. The molecule has 0 saturated carbocycles. The first-order chi connectivity index (χ1) is 22.8. The van der Waals surface area contributed by atoms with Gasteiger partial charge in [-0.1, -0.05) is 84.9 Å². The van der Waals surface area contributed by atoms with E-state index >= 15 is 0 Å². The predicted octanol–water partition coefficient (Wildman–Crippen LogP) is 7.13. The molecule has 2 amide bonds. The van der Waals surface area contributed by atoms with Crippen molar-refractivity contribution in [3.63, 3.8) is 0 Å². The molecule has 8 heteroatoms. The molecule has 1 aliphatic rings. The van der Waals surface area contributed by atoms with Crippen molar-refractivity contribution in [2.24, 2.45) is 0 Å². The van der Waals surface area contributed by atoms with Gasteiger partial charge in [-0.25, -0.2) is 0 Å². The van der Waals surface area contributed by atoms with Crippen molar-refractivity contribution in [2.45, 2.75) is 5.41 Å². The monoisotopic (exact) mass is 618 g/mol. The predicted molar refractivity (Wildman–Crippen MR) is 185 cm³/mol. The Kier molecular flexibility index (Phi) is 7.10. The molecular formula is C39H30N4O4. The molecular weight excluding hydrogens is 588 g/mol. The fourth-order valence-corrected chi connectivity index (χ4v) is 6.55. The van der Waals surface area contributed by atoms with Crippen LogP contribution in [0, 0.1) is 0 Å². The van der Waals surface area contributed by atoms with Gasteiger partial charge in [-0.05, 0) is 81.9 Å². The number of carbonyl (C=O) groups excluding carboxylic acids is 2. The van der Waals surface area contributed by atoms with Gasteiger partial charge >= 0.3 is 0 Å². The summed E-state index contributed by atoms with van der Waals surface area (Å²) in [5.41, 5.74) is 18.1. The van der Waals surface area contributed by atoms with Gasteiger partial charge in [0.1, 0.15) is 11.5 Å². The third kappa shape index (κ3) is 4.80. The van der Waals surface area contributed by atoms with Crippen molar-refractivity contribution in [3.05, 3.63) is 167 Å². The largest absolute Gasteiger partial charge is 0.506 e. The number of hydrogen-bond acceptors (Lipinski definition) is 6. The number of para-hydroxylation sites is 2. The van der Waals surface area contributed by atoms with E-state index in [1.165, 1.54) is 0 Å². The Bertz CT molecular complexity index is 2050. The van der Waals surface area contributed by atoms with E-state index in [-0.39, 0.29) is 34.0 Å². The normalized spacial score (nSPS) is 12.5. The van der Waals surface area contributed by atoms with Crippen molar-refractivity contribution >= 4 is 34.6 Å². The lowest BCUT2D eigenvalue weighted by Crippen LogP contribution is -2.29. The first-order valence-corrected chi connectivity index (χ1v) is 15.0. The molecule has 47 heavy (non-hydrogen) atoms. The first-order valence-electron chi connectivity index (χ1n) is 15.0. The molecule has 0 saturated heterocycles. The van der Waals surface area contributed by atoms with E-state index < -0.39 is 17.2 Å². The Balaban J connectivity index is 1.42. The Morgan fingerprint density at radius 3 is 1.32 bits per heavy atom. The van der Waals surface area contributed by atoms with Gasteiger partial charge in [0.05, 0.1) is 27.9 Å². The molecule has 0 aliphatic heterocycles. The molecule has 0 radical (unpaired) electrons. The molecule has 1 aliphatic carbocycles. The summed E-state index contributed by atoms with van der Waals surface area (Å²) in [6.07, 6.45) is 0. The second-order valence-corrected chi connectivity index (χ2v) is 11.4. The summed E-state index contributed by atoms with van der Waals surface area (Å²) >= 11 is 0. The van der Waals surface area contributed by atoms with E-state index in [0.29, 0.717) is 11.4 Å². The molecule has 0 fully saturated rings. The van der Waals surface area contributed by atoms with Crippen molar-refractivity contribution in [1.29, 1.82) is 0 Å². The van der Waals surface area contributed by atoms with E-state index in [2.05, 4.69) is 22.8 Å². The second kappa shape index (κ2) is 11.4. The average molecular weight is 619 g/mol. The van der Waals surface area contributed by atoms with Crippen molar-refractivity contribution in [3.8, 4) is 22.6 Å². The third-order valence-electron chi connectivity index (χ3n) is 8.72. The molecule has 6 aromatic carbocycles. The molecule has 0 aromatic heterocycles. The van der Waals surface area contributed by atoms with Gasteiger partial charge in [0, 0.05) is 11.4 Å². The van der Waals surface area contributed by atoms with E-state index in [9.17, 15) is 19.8 Å². The molecule has 0 unspecified atom stereocenters. The Hall–Kier alpha value is -6.54. The molecule has 0 spiro atoms. The van der Waals surface area contributed by atoms with Crippen LogP contribution < -0.4 is 22.1 Å². The molecule has 8 nitrogen and oxygen atoms in total. The molecule has 230 valence electrons. The zero-order valence-corrected chi connectivity index (χ0v) is 25.1. The van der Waals surface area contributed by atoms with Crippen LogP contribution >= 0.6 is 0 Å². The lowest BCUT2D eigenvalue weighted by Gasteiger charge is -2.34. The van der Waals surface area contributed by atoms with E-state index in [0.717, 1.165) is 33.4 Å². The van der Waals surface area contributed by atoms with Gasteiger partial charge in [0.2, 0.25) is 0 Å². The van der Waals surface area contributed by atoms with Gasteiger partial charge in [0.15, 0.2) is 0 Å². The lowest BCUT2D eigenvalue weighted by molar-refractivity contribution is 0.101. The number of nitrogens with one attached hydrogen (secondary N) is 2. The van der Waals surface area contributed by atoms with Crippen LogP contribution in [0.4, 0.5) is 22.7 Å². The van der Waals surface area contributed by atoms with Crippen molar-refractivity contribution < 1.29 is 19.8 Å². The maximum absolute atomic E-state index is 13.3. The number of anilines is 4. The number of carbonyl (C=O) groups is 2. The Morgan fingerprint density at radius 2 is 0.894 bits per heavy atom. The Morgan fingerprint density at radius 1 is 0.511 bits per heavy atom.